The van der Waals surface area contributed by atoms with E-state index in [2.05, 4.69) is 30.3 Å². The van der Waals surface area contributed by atoms with Crippen molar-refractivity contribution in [1.82, 2.24) is 4.90 Å². The number of β-amino-alcohol motifs (C(OH)–C–C–N with tert-alkyl or cyclic N) is 1. The molecule has 1 aliphatic heterocycles. The van der Waals surface area contributed by atoms with Crippen molar-refractivity contribution in [2.75, 3.05) is 13.1 Å². The molecule has 2 aromatic rings. The summed E-state index contributed by atoms with van der Waals surface area (Å²) in [6.07, 6.45) is 2.19. The Balaban J connectivity index is 1.63. The molecule has 0 bridgehead atoms. The van der Waals surface area contributed by atoms with Gasteiger partial charge in [0, 0.05) is 18.7 Å². The number of rotatable bonds is 1. The second kappa shape index (κ2) is 5.25. The zero-order valence-electron chi connectivity index (χ0n) is 12.5. The first kappa shape index (κ1) is 13.5. The lowest BCUT2D eigenvalue weighted by molar-refractivity contribution is 0.0473. The minimum atomic E-state index is -0.378. The number of carbonyl (C=O) groups is 1. The van der Waals surface area contributed by atoms with Crippen molar-refractivity contribution in [2.45, 2.75) is 25.4 Å². The summed E-state index contributed by atoms with van der Waals surface area (Å²) in [5.41, 5.74) is 5.82. The van der Waals surface area contributed by atoms with Crippen molar-refractivity contribution in [1.29, 1.82) is 0 Å². The molecule has 0 radical (unpaired) electrons. The van der Waals surface area contributed by atoms with E-state index in [1.165, 1.54) is 22.3 Å². The quantitative estimate of drug-likeness (QED) is 0.749. The Kier molecular flexibility index (Phi) is 3.23. The number of aliphatic hydroxyl groups excluding tert-OH is 1. The van der Waals surface area contributed by atoms with Gasteiger partial charge in [-0.05, 0) is 53.6 Å². The molecule has 3 heteroatoms. The van der Waals surface area contributed by atoms with Gasteiger partial charge in [-0.3, -0.25) is 4.79 Å². The number of amides is 1. The summed E-state index contributed by atoms with van der Waals surface area (Å²) < 4.78 is 0. The molecule has 22 heavy (non-hydrogen) atoms. The number of hydrogen-bond donors (Lipinski definition) is 1. The molecule has 0 aromatic heterocycles. The van der Waals surface area contributed by atoms with Gasteiger partial charge in [0.05, 0.1) is 6.10 Å². The second-order valence-electron chi connectivity index (χ2n) is 6.25. The standard InChI is InChI=1S/C19H19NO2/c21-16-5-3-9-20(12-16)19(22)14-7-8-18-15(11-14)10-13-4-1-2-6-17(13)18/h1-2,4,6-8,11,16,21H,3,5,9-10,12H2. The predicted molar refractivity (Wildman–Crippen MR) is 85.8 cm³/mol. The Hall–Kier alpha value is -2.13. The Bertz CT molecular complexity index is 738. The van der Waals surface area contributed by atoms with E-state index in [0.29, 0.717) is 6.54 Å². The van der Waals surface area contributed by atoms with E-state index < -0.39 is 0 Å². The van der Waals surface area contributed by atoms with Gasteiger partial charge in [0.15, 0.2) is 0 Å². The average molecular weight is 293 g/mol. The smallest absolute Gasteiger partial charge is 0.253 e. The number of likely N-dealkylation sites (tertiary alicyclic amines) is 1. The van der Waals surface area contributed by atoms with Gasteiger partial charge in [0.2, 0.25) is 0 Å². The molecule has 0 saturated carbocycles. The molecule has 3 nitrogen and oxygen atoms in total. The van der Waals surface area contributed by atoms with Crippen molar-refractivity contribution in [3.63, 3.8) is 0 Å². The van der Waals surface area contributed by atoms with Crippen LogP contribution < -0.4 is 0 Å². The fraction of sp³-hybridized carbons (Fsp3) is 0.316. The third kappa shape index (κ3) is 2.22. The van der Waals surface area contributed by atoms with Crippen LogP contribution in [0.15, 0.2) is 42.5 Å². The molecule has 2 aromatic carbocycles. The van der Waals surface area contributed by atoms with Crippen LogP contribution in [-0.2, 0) is 6.42 Å². The average Bonchev–Trinajstić information content (AvgIpc) is 2.91. The molecule has 2 aliphatic rings. The van der Waals surface area contributed by atoms with E-state index in [1.807, 2.05) is 12.1 Å². The van der Waals surface area contributed by atoms with E-state index in [9.17, 15) is 9.90 Å². The number of aliphatic hydroxyl groups is 1. The lowest BCUT2D eigenvalue weighted by Crippen LogP contribution is -2.42. The molecule has 1 aliphatic carbocycles. The molecule has 1 heterocycles. The molecule has 4 rings (SSSR count). The van der Waals surface area contributed by atoms with Crippen molar-refractivity contribution in [2.24, 2.45) is 0 Å². The van der Waals surface area contributed by atoms with Crippen molar-refractivity contribution in [3.05, 3.63) is 59.2 Å². The Morgan fingerprint density at radius 2 is 1.91 bits per heavy atom. The minimum absolute atomic E-state index is 0.0394. The first-order valence-electron chi connectivity index (χ1n) is 7.91. The monoisotopic (exact) mass is 293 g/mol. The Labute approximate surface area is 130 Å². The highest BCUT2D eigenvalue weighted by Gasteiger charge is 2.25. The topological polar surface area (TPSA) is 40.5 Å². The molecule has 112 valence electrons. The summed E-state index contributed by atoms with van der Waals surface area (Å²) in [6, 6.07) is 14.4. The molecular weight excluding hydrogens is 274 g/mol. The summed E-state index contributed by atoms with van der Waals surface area (Å²) in [4.78, 5) is 14.4. The second-order valence-corrected chi connectivity index (χ2v) is 6.25. The van der Waals surface area contributed by atoms with Gasteiger partial charge < -0.3 is 10.0 Å². The van der Waals surface area contributed by atoms with Crippen LogP contribution in [-0.4, -0.2) is 35.1 Å². The van der Waals surface area contributed by atoms with Crippen molar-refractivity contribution < 1.29 is 9.90 Å². The van der Waals surface area contributed by atoms with E-state index >= 15 is 0 Å². The van der Waals surface area contributed by atoms with Gasteiger partial charge in [-0.25, -0.2) is 0 Å². The fourth-order valence-corrected chi connectivity index (χ4v) is 3.60. The number of carbonyl (C=O) groups excluding carboxylic acids is 1. The maximum absolute atomic E-state index is 12.6. The summed E-state index contributed by atoms with van der Waals surface area (Å²) in [5.74, 6) is 0.0394. The highest BCUT2D eigenvalue weighted by atomic mass is 16.3. The molecule has 1 unspecified atom stereocenters. The molecule has 1 saturated heterocycles. The summed E-state index contributed by atoms with van der Waals surface area (Å²) in [7, 11) is 0. The van der Waals surface area contributed by atoms with Crippen LogP contribution in [0.5, 0.6) is 0 Å². The van der Waals surface area contributed by atoms with E-state index in [0.717, 1.165) is 31.4 Å². The zero-order valence-corrected chi connectivity index (χ0v) is 12.5. The van der Waals surface area contributed by atoms with Gasteiger partial charge in [-0.15, -0.1) is 0 Å². The third-order valence-electron chi connectivity index (χ3n) is 4.72. The van der Waals surface area contributed by atoms with Gasteiger partial charge in [-0.1, -0.05) is 30.3 Å². The lowest BCUT2D eigenvalue weighted by atomic mass is 10.0. The van der Waals surface area contributed by atoms with Crippen LogP contribution in [0.2, 0.25) is 0 Å². The Morgan fingerprint density at radius 3 is 2.77 bits per heavy atom. The first-order chi connectivity index (χ1) is 10.7. The molecule has 1 N–H and O–H groups in total. The summed E-state index contributed by atoms with van der Waals surface area (Å²) >= 11 is 0. The number of nitrogens with zero attached hydrogens (tertiary/aromatic N) is 1. The SMILES string of the molecule is O=C(c1ccc2c(c1)Cc1ccccc1-2)N1CCCC(O)C1. The van der Waals surface area contributed by atoms with Crippen LogP contribution in [0.1, 0.15) is 34.3 Å². The Morgan fingerprint density at radius 1 is 1.09 bits per heavy atom. The zero-order chi connectivity index (χ0) is 15.1. The van der Waals surface area contributed by atoms with E-state index in [4.69, 9.17) is 0 Å². The van der Waals surface area contributed by atoms with E-state index in [1.54, 1.807) is 4.90 Å². The van der Waals surface area contributed by atoms with Gasteiger partial charge in [0.25, 0.3) is 5.91 Å². The van der Waals surface area contributed by atoms with Crippen LogP contribution in [0.25, 0.3) is 11.1 Å². The van der Waals surface area contributed by atoms with Crippen molar-refractivity contribution >= 4 is 5.91 Å². The van der Waals surface area contributed by atoms with Gasteiger partial charge in [-0.2, -0.15) is 0 Å². The van der Waals surface area contributed by atoms with Crippen LogP contribution in [0.4, 0.5) is 0 Å². The lowest BCUT2D eigenvalue weighted by Gasteiger charge is -2.30. The summed E-state index contributed by atoms with van der Waals surface area (Å²) in [5, 5.41) is 9.75. The maximum atomic E-state index is 12.6. The largest absolute Gasteiger partial charge is 0.391 e. The first-order valence-corrected chi connectivity index (χ1v) is 7.91. The predicted octanol–water partition coefficient (Wildman–Crippen LogP) is 2.85. The number of hydrogen-bond acceptors (Lipinski definition) is 2. The molecule has 1 amide bonds. The fourth-order valence-electron chi connectivity index (χ4n) is 3.60. The van der Waals surface area contributed by atoms with E-state index in [-0.39, 0.29) is 12.0 Å². The molecule has 0 spiro atoms. The molecular formula is C19H19NO2. The minimum Gasteiger partial charge on any atom is -0.391 e. The van der Waals surface area contributed by atoms with Crippen molar-refractivity contribution in [3.8, 4) is 11.1 Å². The number of piperidine rings is 1. The third-order valence-corrected chi connectivity index (χ3v) is 4.72. The number of fused-ring (bicyclic) bond motifs is 3. The molecule has 1 fully saturated rings. The summed E-state index contributed by atoms with van der Waals surface area (Å²) in [6.45, 7) is 1.20. The van der Waals surface area contributed by atoms with Gasteiger partial charge in [0.1, 0.15) is 0 Å². The van der Waals surface area contributed by atoms with Crippen LogP contribution >= 0.6 is 0 Å². The maximum Gasteiger partial charge on any atom is 0.253 e. The normalized spacial score (nSPS) is 19.7. The highest BCUT2D eigenvalue weighted by Crippen LogP contribution is 2.36. The van der Waals surface area contributed by atoms with Crippen LogP contribution in [0.3, 0.4) is 0 Å². The molecule has 1 atom stereocenters. The number of benzene rings is 2. The van der Waals surface area contributed by atoms with Gasteiger partial charge >= 0.3 is 0 Å². The highest BCUT2D eigenvalue weighted by molar-refractivity contribution is 5.95. The van der Waals surface area contributed by atoms with Crippen LogP contribution in [0, 0.1) is 0 Å².